The van der Waals surface area contributed by atoms with Crippen LogP contribution in [0.15, 0.2) is 27.6 Å². The Balaban J connectivity index is 0.00000180. The highest BCUT2D eigenvalue weighted by Gasteiger charge is 2.29. The van der Waals surface area contributed by atoms with E-state index in [0.717, 1.165) is 29.5 Å². The van der Waals surface area contributed by atoms with E-state index in [1.165, 1.54) is 4.31 Å². The quantitative estimate of drug-likeness (QED) is 0.888. The van der Waals surface area contributed by atoms with Crippen LogP contribution in [0, 0.1) is 6.92 Å². The van der Waals surface area contributed by atoms with Gasteiger partial charge in [-0.2, -0.15) is 4.31 Å². The highest BCUT2D eigenvalue weighted by Crippen LogP contribution is 2.24. The van der Waals surface area contributed by atoms with Crippen LogP contribution in [-0.2, 0) is 10.0 Å². The molecule has 7 heteroatoms. The Kier molecular flexibility index (Phi) is 5.82. The summed E-state index contributed by atoms with van der Waals surface area (Å²) in [5.74, 6) is 0. The van der Waals surface area contributed by atoms with Gasteiger partial charge in [0.05, 0.1) is 4.90 Å². The molecule has 1 atom stereocenters. The Labute approximate surface area is 129 Å². The minimum Gasteiger partial charge on any atom is -0.315 e. The van der Waals surface area contributed by atoms with E-state index in [1.54, 1.807) is 25.2 Å². The second-order valence-electron chi connectivity index (χ2n) is 4.58. The first kappa shape index (κ1) is 16.9. The molecule has 0 radical (unpaired) electrons. The van der Waals surface area contributed by atoms with Crippen LogP contribution in [0.2, 0.25) is 0 Å². The average molecular weight is 370 g/mol. The van der Waals surface area contributed by atoms with E-state index in [1.807, 2.05) is 6.92 Å². The van der Waals surface area contributed by atoms with Gasteiger partial charge in [-0.25, -0.2) is 8.42 Å². The van der Waals surface area contributed by atoms with Crippen LogP contribution < -0.4 is 5.32 Å². The highest BCUT2D eigenvalue weighted by molar-refractivity contribution is 9.10. The molecular formula is C12H18BrClN2O2S. The molecule has 1 aromatic rings. The van der Waals surface area contributed by atoms with Gasteiger partial charge in [-0.05, 0) is 43.7 Å². The third kappa shape index (κ3) is 3.49. The third-order valence-corrected chi connectivity index (χ3v) is 6.15. The molecular weight excluding hydrogens is 352 g/mol. The lowest BCUT2D eigenvalue weighted by Gasteiger charge is -2.23. The van der Waals surface area contributed by atoms with Crippen molar-refractivity contribution in [2.24, 2.45) is 0 Å². The number of sulfonamides is 1. The number of nitrogens with zero attached hydrogens (tertiary/aromatic N) is 1. The van der Waals surface area contributed by atoms with Crippen LogP contribution in [0.3, 0.4) is 0 Å². The van der Waals surface area contributed by atoms with Crippen molar-refractivity contribution < 1.29 is 8.42 Å². The molecule has 0 saturated carbocycles. The first-order valence-corrected chi connectivity index (χ1v) is 8.11. The number of benzene rings is 1. The first-order chi connectivity index (χ1) is 8.43. The number of hydrogen-bond donors (Lipinski definition) is 1. The van der Waals surface area contributed by atoms with Crippen LogP contribution in [0.25, 0.3) is 0 Å². The van der Waals surface area contributed by atoms with Gasteiger partial charge in [0.15, 0.2) is 0 Å². The molecule has 1 fully saturated rings. The van der Waals surface area contributed by atoms with Crippen LogP contribution in [-0.4, -0.2) is 38.9 Å². The Hall–Kier alpha value is -0.140. The summed E-state index contributed by atoms with van der Waals surface area (Å²) in [6, 6.07) is 5.19. The molecule has 1 saturated heterocycles. The number of halogens is 2. The van der Waals surface area contributed by atoms with Gasteiger partial charge < -0.3 is 5.32 Å². The highest BCUT2D eigenvalue weighted by atomic mass is 79.9. The predicted octanol–water partition coefficient (Wildman–Crippen LogP) is 2.16. The summed E-state index contributed by atoms with van der Waals surface area (Å²) in [6.07, 6.45) is 0.866. The van der Waals surface area contributed by atoms with E-state index in [9.17, 15) is 8.42 Å². The monoisotopic (exact) mass is 368 g/mol. The summed E-state index contributed by atoms with van der Waals surface area (Å²) in [4.78, 5) is 0.359. The molecule has 0 aromatic heterocycles. The summed E-state index contributed by atoms with van der Waals surface area (Å²) in [5, 5.41) is 3.18. The van der Waals surface area contributed by atoms with Crippen LogP contribution in [0.5, 0.6) is 0 Å². The molecule has 1 unspecified atom stereocenters. The lowest BCUT2D eigenvalue weighted by molar-refractivity contribution is 0.387. The Bertz CT molecular complexity index is 545. The maximum atomic E-state index is 12.5. The average Bonchev–Trinajstić information content (AvgIpc) is 2.85. The zero-order chi connectivity index (χ0) is 13.3. The smallest absolute Gasteiger partial charge is 0.243 e. The maximum absolute atomic E-state index is 12.5. The first-order valence-electron chi connectivity index (χ1n) is 5.88. The van der Waals surface area contributed by atoms with Gasteiger partial charge in [0.1, 0.15) is 0 Å². The number of likely N-dealkylation sites (N-methyl/N-ethyl adjacent to an activating group) is 1. The van der Waals surface area contributed by atoms with E-state index in [-0.39, 0.29) is 18.4 Å². The Morgan fingerprint density at radius 3 is 2.63 bits per heavy atom. The van der Waals surface area contributed by atoms with Crippen molar-refractivity contribution in [3.05, 3.63) is 28.2 Å². The summed E-state index contributed by atoms with van der Waals surface area (Å²) >= 11 is 3.38. The Morgan fingerprint density at radius 1 is 1.42 bits per heavy atom. The standard InChI is InChI=1S/C12H17BrN2O2S.ClH/c1-9-7-11(3-4-12(9)13)18(16,17)15(2)10-5-6-14-8-10;/h3-4,7,10,14H,5-6,8H2,1-2H3;1H. The second kappa shape index (κ2) is 6.54. The second-order valence-corrected chi connectivity index (χ2v) is 7.43. The molecule has 1 aliphatic rings. The number of nitrogens with one attached hydrogen (secondary N) is 1. The van der Waals surface area contributed by atoms with E-state index in [4.69, 9.17) is 0 Å². The van der Waals surface area contributed by atoms with Crippen molar-refractivity contribution in [3.8, 4) is 0 Å². The molecule has 0 aliphatic carbocycles. The molecule has 0 spiro atoms. The van der Waals surface area contributed by atoms with Crippen molar-refractivity contribution in [1.82, 2.24) is 9.62 Å². The van der Waals surface area contributed by atoms with Crippen LogP contribution >= 0.6 is 28.3 Å². The topological polar surface area (TPSA) is 49.4 Å². The van der Waals surface area contributed by atoms with Gasteiger partial charge in [-0.3, -0.25) is 0 Å². The van der Waals surface area contributed by atoms with Gasteiger partial charge in [0.2, 0.25) is 10.0 Å². The van der Waals surface area contributed by atoms with Gasteiger partial charge in [0, 0.05) is 24.1 Å². The van der Waals surface area contributed by atoms with E-state index < -0.39 is 10.0 Å². The molecule has 0 amide bonds. The molecule has 108 valence electrons. The Morgan fingerprint density at radius 2 is 2.11 bits per heavy atom. The van der Waals surface area contributed by atoms with Gasteiger partial charge in [-0.1, -0.05) is 15.9 Å². The van der Waals surface area contributed by atoms with E-state index in [2.05, 4.69) is 21.2 Å². The number of rotatable bonds is 3. The van der Waals surface area contributed by atoms with Gasteiger partial charge >= 0.3 is 0 Å². The summed E-state index contributed by atoms with van der Waals surface area (Å²) in [7, 11) is -1.73. The fourth-order valence-corrected chi connectivity index (χ4v) is 3.81. The normalized spacial score (nSPS) is 19.5. The summed E-state index contributed by atoms with van der Waals surface area (Å²) < 4.78 is 27.3. The zero-order valence-electron chi connectivity index (χ0n) is 10.9. The minimum absolute atomic E-state index is 0. The summed E-state index contributed by atoms with van der Waals surface area (Å²) in [5.41, 5.74) is 0.925. The van der Waals surface area contributed by atoms with Crippen LogP contribution in [0.4, 0.5) is 0 Å². The maximum Gasteiger partial charge on any atom is 0.243 e. The molecule has 19 heavy (non-hydrogen) atoms. The van der Waals surface area contributed by atoms with Crippen molar-refractivity contribution in [2.75, 3.05) is 20.1 Å². The molecule has 0 bridgehead atoms. The molecule has 1 aliphatic heterocycles. The van der Waals surface area contributed by atoms with Gasteiger partial charge in [0.25, 0.3) is 0 Å². The van der Waals surface area contributed by atoms with E-state index in [0.29, 0.717) is 4.90 Å². The SMILES string of the molecule is Cc1cc(S(=O)(=O)N(C)C2CCNC2)ccc1Br.Cl. The van der Waals surface area contributed by atoms with E-state index >= 15 is 0 Å². The van der Waals surface area contributed by atoms with Crippen molar-refractivity contribution >= 4 is 38.4 Å². The third-order valence-electron chi connectivity index (χ3n) is 3.35. The minimum atomic E-state index is -3.39. The molecule has 1 aromatic carbocycles. The predicted molar refractivity (Wildman–Crippen MR) is 82.4 cm³/mol. The van der Waals surface area contributed by atoms with Gasteiger partial charge in [-0.15, -0.1) is 12.4 Å². The van der Waals surface area contributed by atoms with Crippen molar-refractivity contribution in [1.29, 1.82) is 0 Å². The van der Waals surface area contributed by atoms with Crippen molar-refractivity contribution in [2.45, 2.75) is 24.3 Å². The fraction of sp³-hybridized carbons (Fsp3) is 0.500. The molecule has 1 N–H and O–H groups in total. The largest absolute Gasteiger partial charge is 0.315 e. The molecule has 2 rings (SSSR count). The molecule has 4 nitrogen and oxygen atoms in total. The lowest BCUT2D eigenvalue weighted by atomic mass is 10.2. The fourth-order valence-electron chi connectivity index (χ4n) is 2.09. The number of aryl methyl sites for hydroxylation is 1. The zero-order valence-corrected chi connectivity index (χ0v) is 14.1. The summed E-state index contributed by atoms with van der Waals surface area (Å²) in [6.45, 7) is 3.50. The van der Waals surface area contributed by atoms with Crippen molar-refractivity contribution in [3.63, 3.8) is 0 Å². The van der Waals surface area contributed by atoms with Crippen LogP contribution in [0.1, 0.15) is 12.0 Å². The molecule has 1 heterocycles. The number of hydrogen-bond acceptors (Lipinski definition) is 3. The lowest BCUT2D eigenvalue weighted by Crippen LogP contribution is -2.38.